The molecular weight excluding hydrogens is 360 g/mol. The quantitative estimate of drug-likeness (QED) is 0.650. The molecule has 0 saturated carbocycles. The Bertz CT molecular complexity index is 1050. The number of aromatic amines is 1. The highest BCUT2D eigenvalue weighted by molar-refractivity contribution is 6.12. The minimum absolute atomic E-state index is 0.220. The number of pyridine rings is 2. The normalized spacial score (nSPS) is 10.9. The minimum Gasteiger partial charge on any atom is -0.493 e. The molecule has 0 fully saturated rings. The number of nitrogens with one attached hydrogen (secondary N) is 2. The van der Waals surface area contributed by atoms with Crippen LogP contribution in [0.25, 0.3) is 10.9 Å². The number of rotatable bonds is 7. The van der Waals surface area contributed by atoms with Gasteiger partial charge in [-0.3, -0.25) is 14.6 Å². The summed E-state index contributed by atoms with van der Waals surface area (Å²) >= 11 is 0. The second-order valence-electron chi connectivity index (χ2n) is 6.40. The number of likely N-dealkylation sites (N-methyl/N-ethyl adjacent to an activating group) is 1. The summed E-state index contributed by atoms with van der Waals surface area (Å²) in [4.78, 5) is 33.3. The van der Waals surface area contributed by atoms with Gasteiger partial charge in [0.25, 0.3) is 11.5 Å². The summed E-state index contributed by atoms with van der Waals surface area (Å²) in [6, 6.07) is 8.53. The molecule has 0 aliphatic heterocycles. The van der Waals surface area contributed by atoms with Crippen molar-refractivity contribution in [1.82, 2.24) is 14.9 Å². The number of H-pyrrole nitrogens is 1. The number of hydrogen-bond donors (Lipinski definition) is 2. The van der Waals surface area contributed by atoms with Crippen LogP contribution in [0.5, 0.6) is 11.5 Å². The van der Waals surface area contributed by atoms with Crippen LogP contribution < -0.4 is 20.3 Å². The highest BCUT2D eigenvalue weighted by Crippen LogP contribution is 2.30. The number of carbonyl (C=O) groups excluding carboxylic acids is 1. The zero-order valence-electron chi connectivity index (χ0n) is 16.0. The maximum absolute atomic E-state index is 12.8. The monoisotopic (exact) mass is 382 g/mol. The molecule has 146 valence electrons. The van der Waals surface area contributed by atoms with E-state index < -0.39 is 0 Å². The van der Waals surface area contributed by atoms with Crippen molar-refractivity contribution in [3.8, 4) is 11.5 Å². The van der Waals surface area contributed by atoms with Gasteiger partial charge < -0.3 is 24.7 Å². The lowest BCUT2D eigenvalue weighted by Gasteiger charge is -2.15. The van der Waals surface area contributed by atoms with Crippen LogP contribution in [0.3, 0.4) is 0 Å². The van der Waals surface area contributed by atoms with E-state index in [1.54, 1.807) is 37.4 Å². The summed E-state index contributed by atoms with van der Waals surface area (Å²) in [7, 11) is 5.48. The predicted molar refractivity (Wildman–Crippen MR) is 107 cm³/mol. The van der Waals surface area contributed by atoms with Gasteiger partial charge in [-0.15, -0.1) is 0 Å². The van der Waals surface area contributed by atoms with Crippen LogP contribution in [0.4, 0.5) is 5.69 Å². The molecule has 1 aromatic carbocycles. The molecule has 3 rings (SSSR count). The molecule has 2 heterocycles. The van der Waals surface area contributed by atoms with Gasteiger partial charge in [0.15, 0.2) is 11.5 Å². The van der Waals surface area contributed by atoms with E-state index in [1.165, 1.54) is 12.4 Å². The molecule has 28 heavy (non-hydrogen) atoms. The van der Waals surface area contributed by atoms with Crippen molar-refractivity contribution in [1.29, 1.82) is 0 Å². The van der Waals surface area contributed by atoms with E-state index >= 15 is 0 Å². The molecule has 0 spiro atoms. The molecule has 8 nitrogen and oxygen atoms in total. The topological polar surface area (TPSA) is 96.5 Å². The van der Waals surface area contributed by atoms with Crippen molar-refractivity contribution >= 4 is 22.5 Å². The Hall–Kier alpha value is -3.39. The Morgan fingerprint density at radius 3 is 2.82 bits per heavy atom. The second-order valence-corrected chi connectivity index (χ2v) is 6.40. The van der Waals surface area contributed by atoms with Crippen LogP contribution in [-0.4, -0.2) is 55.1 Å². The number of methoxy groups -OCH3 is 1. The number of carbonyl (C=O) groups is 1. The summed E-state index contributed by atoms with van der Waals surface area (Å²) in [5.41, 5.74) is 0.758. The Labute approximate surface area is 162 Å². The van der Waals surface area contributed by atoms with Gasteiger partial charge in [0.1, 0.15) is 12.1 Å². The van der Waals surface area contributed by atoms with E-state index in [0.29, 0.717) is 34.7 Å². The third-order valence-electron chi connectivity index (χ3n) is 4.12. The van der Waals surface area contributed by atoms with E-state index in [0.717, 1.165) is 6.54 Å². The number of nitrogens with zero attached hydrogens (tertiary/aromatic N) is 2. The van der Waals surface area contributed by atoms with Crippen LogP contribution in [0, 0.1) is 0 Å². The predicted octanol–water partition coefficient (Wildman–Crippen LogP) is 2.12. The number of anilines is 1. The maximum atomic E-state index is 12.8. The van der Waals surface area contributed by atoms with Gasteiger partial charge in [-0.1, -0.05) is 6.07 Å². The second kappa shape index (κ2) is 8.53. The fraction of sp³-hybridized carbons (Fsp3) is 0.250. The molecule has 2 aromatic heterocycles. The first-order valence-corrected chi connectivity index (χ1v) is 8.73. The highest BCUT2D eigenvalue weighted by atomic mass is 16.5. The summed E-state index contributed by atoms with van der Waals surface area (Å²) in [5.74, 6) is 0.754. The van der Waals surface area contributed by atoms with E-state index in [2.05, 4.69) is 15.3 Å². The van der Waals surface area contributed by atoms with Gasteiger partial charge in [-0.25, -0.2) is 0 Å². The van der Waals surface area contributed by atoms with Crippen molar-refractivity contribution in [2.45, 2.75) is 0 Å². The van der Waals surface area contributed by atoms with Gasteiger partial charge in [-0.05, 0) is 32.3 Å². The van der Waals surface area contributed by atoms with E-state index in [1.807, 2.05) is 19.0 Å². The maximum Gasteiger partial charge on any atom is 0.274 e. The number of benzene rings is 1. The molecule has 0 saturated heterocycles. The van der Waals surface area contributed by atoms with Gasteiger partial charge in [0.05, 0.1) is 12.7 Å². The lowest BCUT2D eigenvalue weighted by atomic mass is 10.1. The Kier molecular flexibility index (Phi) is 5.90. The molecule has 0 aliphatic rings. The third kappa shape index (κ3) is 4.29. The molecule has 0 bridgehead atoms. The lowest BCUT2D eigenvalue weighted by Crippen LogP contribution is -2.19. The van der Waals surface area contributed by atoms with Crippen molar-refractivity contribution in [3.63, 3.8) is 0 Å². The lowest BCUT2D eigenvalue weighted by molar-refractivity contribution is 0.102. The summed E-state index contributed by atoms with van der Waals surface area (Å²) in [5, 5.41) is 3.31. The molecule has 8 heteroatoms. The molecule has 3 aromatic rings. The minimum atomic E-state index is -0.362. The van der Waals surface area contributed by atoms with Crippen LogP contribution >= 0.6 is 0 Å². The summed E-state index contributed by atoms with van der Waals surface area (Å²) in [6.45, 7) is 1.23. The zero-order valence-corrected chi connectivity index (χ0v) is 16.0. The average Bonchev–Trinajstić information content (AvgIpc) is 2.68. The zero-order chi connectivity index (χ0) is 20.1. The van der Waals surface area contributed by atoms with Crippen LogP contribution in [0.1, 0.15) is 10.4 Å². The van der Waals surface area contributed by atoms with Crippen molar-refractivity contribution < 1.29 is 14.3 Å². The van der Waals surface area contributed by atoms with E-state index in [4.69, 9.17) is 9.47 Å². The fourth-order valence-corrected chi connectivity index (χ4v) is 2.68. The van der Waals surface area contributed by atoms with Gasteiger partial charge in [-0.2, -0.15) is 0 Å². The molecular formula is C20H22N4O4. The molecule has 0 unspecified atom stereocenters. The van der Waals surface area contributed by atoms with Gasteiger partial charge >= 0.3 is 0 Å². The molecule has 2 N–H and O–H groups in total. The average molecular weight is 382 g/mol. The summed E-state index contributed by atoms with van der Waals surface area (Å²) in [6.07, 6.45) is 2.90. The smallest absolute Gasteiger partial charge is 0.274 e. The van der Waals surface area contributed by atoms with Gasteiger partial charge in [0, 0.05) is 36.1 Å². The first-order valence-electron chi connectivity index (χ1n) is 8.73. The molecule has 0 aliphatic carbocycles. The first-order chi connectivity index (χ1) is 13.5. The molecule has 1 amide bonds. The standard InChI is InChI=1S/C20H22N4O4/c1-24(2)9-10-28-17-11-13(6-7-16(17)27-3)23-19(25)15-12-22-20(26)18-14(15)5-4-8-21-18/h4-8,11-12H,9-10H2,1-3H3,(H,22,26)(H,23,25). The van der Waals surface area contributed by atoms with Crippen molar-refractivity contribution in [2.75, 3.05) is 39.7 Å². The Morgan fingerprint density at radius 2 is 2.07 bits per heavy atom. The van der Waals surface area contributed by atoms with Gasteiger partial charge in [0.2, 0.25) is 0 Å². The largest absolute Gasteiger partial charge is 0.493 e. The van der Waals surface area contributed by atoms with Crippen LogP contribution in [-0.2, 0) is 0 Å². The Morgan fingerprint density at radius 1 is 1.25 bits per heavy atom. The highest BCUT2D eigenvalue weighted by Gasteiger charge is 2.14. The molecule has 0 atom stereocenters. The molecule has 0 radical (unpaired) electrons. The van der Waals surface area contributed by atoms with Crippen molar-refractivity contribution in [2.24, 2.45) is 0 Å². The Balaban J connectivity index is 1.84. The number of hydrogen-bond acceptors (Lipinski definition) is 6. The first kappa shape index (κ1) is 19.4. The third-order valence-corrected chi connectivity index (χ3v) is 4.12. The number of amides is 1. The fourth-order valence-electron chi connectivity index (χ4n) is 2.68. The number of aromatic nitrogens is 2. The van der Waals surface area contributed by atoms with Crippen LogP contribution in [0.2, 0.25) is 0 Å². The number of fused-ring (bicyclic) bond motifs is 1. The number of ether oxygens (including phenoxy) is 2. The van der Waals surface area contributed by atoms with Crippen molar-refractivity contribution in [3.05, 3.63) is 58.6 Å². The SMILES string of the molecule is COc1ccc(NC(=O)c2c[nH]c(=O)c3ncccc23)cc1OCCN(C)C. The summed E-state index contributed by atoms with van der Waals surface area (Å²) < 4.78 is 11.1. The van der Waals surface area contributed by atoms with E-state index in [9.17, 15) is 9.59 Å². The van der Waals surface area contributed by atoms with Crippen LogP contribution in [0.15, 0.2) is 47.5 Å². The van der Waals surface area contributed by atoms with E-state index in [-0.39, 0.29) is 17.0 Å².